The van der Waals surface area contributed by atoms with Crippen LogP contribution in [0.1, 0.15) is 0 Å². The van der Waals surface area contributed by atoms with Gasteiger partial charge in [0, 0.05) is 5.02 Å². The Kier molecular flexibility index (Phi) is 2.76. The smallest absolute Gasteiger partial charge is 0.199 e. The average Bonchev–Trinajstić information content (AvgIpc) is 2.52. The summed E-state index contributed by atoms with van der Waals surface area (Å²) in [7, 11) is 0. The molecule has 1 aromatic heterocycles. The van der Waals surface area contributed by atoms with Gasteiger partial charge in [-0.05, 0) is 34.1 Å². The predicted molar refractivity (Wildman–Crippen MR) is 59.1 cm³/mol. The molecule has 2 rings (SSSR count). The van der Waals surface area contributed by atoms with E-state index < -0.39 is 0 Å². The first-order valence-electron chi connectivity index (χ1n) is 3.69. The largest absolute Gasteiger partial charge is 0.209 e. The van der Waals surface area contributed by atoms with Crippen LogP contribution in [-0.2, 0) is 0 Å². The summed E-state index contributed by atoms with van der Waals surface area (Å²) < 4.78 is 2.18. The van der Waals surface area contributed by atoms with Crippen LogP contribution in [0.25, 0.3) is 5.69 Å². The van der Waals surface area contributed by atoms with Gasteiger partial charge >= 0.3 is 0 Å². The van der Waals surface area contributed by atoms with E-state index in [0.29, 0.717) is 14.8 Å². The third-order valence-corrected chi connectivity index (χ3v) is 2.72. The van der Waals surface area contributed by atoms with E-state index in [1.54, 1.807) is 22.9 Å². The van der Waals surface area contributed by atoms with Crippen molar-refractivity contribution < 1.29 is 0 Å². The number of benzene rings is 1. The van der Waals surface area contributed by atoms with E-state index in [0.717, 1.165) is 5.69 Å². The standard InChI is InChI=1S/C8H4BrCl2N3/c9-8-12-4-13-14(8)7-2-1-5(10)3-6(7)11/h1-4H. The van der Waals surface area contributed by atoms with Crippen LogP contribution < -0.4 is 0 Å². The molecule has 72 valence electrons. The minimum Gasteiger partial charge on any atom is -0.209 e. The molecule has 1 aromatic carbocycles. The number of aromatic nitrogens is 3. The highest BCUT2D eigenvalue weighted by atomic mass is 79.9. The van der Waals surface area contributed by atoms with Crippen molar-refractivity contribution in [3.63, 3.8) is 0 Å². The van der Waals surface area contributed by atoms with Crippen LogP contribution in [0.5, 0.6) is 0 Å². The molecule has 0 aliphatic rings. The normalized spacial score (nSPS) is 10.5. The van der Waals surface area contributed by atoms with Crippen LogP contribution in [0.15, 0.2) is 29.3 Å². The Morgan fingerprint density at radius 2 is 2.07 bits per heavy atom. The Morgan fingerprint density at radius 3 is 2.64 bits per heavy atom. The highest BCUT2D eigenvalue weighted by Crippen LogP contribution is 2.25. The van der Waals surface area contributed by atoms with Crippen LogP contribution in [-0.4, -0.2) is 14.8 Å². The molecule has 0 atom stereocenters. The van der Waals surface area contributed by atoms with Crippen LogP contribution >= 0.6 is 39.1 Å². The van der Waals surface area contributed by atoms with Crippen LogP contribution in [0.4, 0.5) is 0 Å². The second kappa shape index (κ2) is 3.88. The summed E-state index contributed by atoms with van der Waals surface area (Å²) in [5.74, 6) is 0. The summed E-state index contributed by atoms with van der Waals surface area (Å²) >= 11 is 15.0. The number of hydrogen-bond acceptors (Lipinski definition) is 2. The molecule has 2 aromatic rings. The molecular weight excluding hydrogens is 289 g/mol. The predicted octanol–water partition coefficient (Wildman–Crippen LogP) is 3.34. The molecule has 0 bridgehead atoms. The van der Waals surface area contributed by atoms with E-state index in [9.17, 15) is 0 Å². The lowest BCUT2D eigenvalue weighted by molar-refractivity contribution is 0.857. The summed E-state index contributed by atoms with van der Waals surface area (Å²) in [4.78, 5) is 3.93. The first-order chi connectivity index (χ1) is 6.68. The summed E-state index contributed by atoms with van der Waals surface area (Å²) in [6.07, 6.45) is 1.44. The van der Waals surface area contributed by atoms with Gasteiger partial charge in [0.25, 0.3) is 0 Å². The van der Waals surface area contributed by atoms with Gasteiger partial charge in [0.1, 0.15) is 6.33 Å². The Labute approximate surface area is 98.8 Å². The van der Waals surface area contributed by atoms with E-state index >= 15 is 0 Å². The van der Waals surface area contributed by atoms with E-state index in [-0.39, 0.29) is 0 Å². The minimum absolute atomic E-state index is 0.531. The number of halogens is 3. The fraction of sp³-hybridized carbons (Fsp3) is 0. The number of rotatable bonds is 1. The van der Waals surface area contributed by atoms with Crippen molar-refractivity contribution in [2.75, 3.05) is 0 Å². The van der Waals surface area contributed by atoms with Crippen molar-refractivity contribution in [3.8, 4) is 5.69 Å². The van der Waals surface area contributed by atoms with Crippen LogP contribution in [0.3, 0.4) is 0 Å². The van der Waals surface area contributed by atoms with Gasteiger partial charge in [-0.25, -0.2) is 9.67 Å². The lowest BCUT2D eigenvalue weighted by atomic mass is 10.3. The van der Waals surface area contributed by atoms with Gasteiger partial charge in [-0.2, -0.15) is 5.10 Å². The molecule has 1 heterocycles. The van der Waals surface area contributed by atoms with E-state index in [1.165, 1.54) is 6.33 Å². The fourth-order valence-corrected chi connectivity index (χ4v) is 1.90. The molecule has 0 saturated carbocycles. The zero-order chi connectivity index (χ0) is 10.1. The Morgan fingerprint density at radius 1 is 1.29 bits per heavy atom. The quantitative estimate of drug-likeness (QED) is 0.807. The van der Waals surface area contributed by atoms with Crippen LogP contribution in [0, 0.1) is 0 Å². The monoisotopic (exact) mass is 291 g/mol. The third-order valence-electron chi connectivity index (χ3n) is 1.64. The Bertz CT molecular complexity index is 469. The molecule has 0 unspecified atom stereocenters. The van der Waals surface area contributed by atoms with E-state index in [4.69, 9.17) is 23.2 Å². The topological polar surface area (TPSA) is 30.7 Å². The van der Waals surface area contributed by atoms with Gasteiger partial charge in [0.05, 0.1) is 10.7 Å². The second-order valence-corrected chi connectivity index (χ2v) is 4.09. The van der Waals surface area contributed by atoms with Crippen molar-refractivity contribution in [2.45, 2.75) is 0 Å². The lowest BCUT2D eigenvalue weighted by Gasteiger charge is -2.04. The zero-order valence-corrected chi connectivity index (χ0v) is 9.88. The van der Waals surface area contributed by atoms with Gasteiger partial charge in [-0.15, -0.1) is 0 Å². The molecule has 0 aliphatic heterocycles. The molecule has 0 fully saturated rings. The maximum atomic E-state index is 6.00. The molecule has 14 heavy (non-hydrogen) atoms. The minimum atomic E-state index is 0.531. The number of nitrogens with zero attached hydrogens (tertiary/aromatic N) is 3. The summed E-state index contributed by atoms with van der Waals surface area (Å²) in [5, 5.41) is 5.13. The van der Waals surface area contributed by atoms with Crippen molar-refractivity contribution in [1.29, 1.82) is 0 Å². The molecule has 0 saturated heterocycles. The Balaban J connectivity index is 2.58. The zero-order valence-electron chi connectivity index (χ0n) is 6.78. The highest BCUT2D eigenvalue weighted by Gasteiger charge is 2.07. The van der Waals surface area contributed by atoms with Gasteiger partial charge in [-0.3, -0.25) is 0 Å². The van der Waals surface area contributed by atoms with Crippen molar-refractivity contribution in [3.05, 3.63) is 39.3 Å². The first kappa shape index (κ1) is 9.96. The molecule has 3 nitrogen and oxygen atoms in total. The fourth-order valence-electron chi connectivity index (χ4n) is 1.04. The summed E-state index contributed by atoms with van der Waals surface area (Å²) in [5.41, 5.74) is 0.737. The van der Waals surface area contributed by atoms with Crippen molar-refractivity contribution in [2.24, 2.45) is 0 Å². The molecule has 0 radical (unpaired) electrons. The highest BCUT2D eigenvalue weighted by molar-refractivity contribution is 9.10. The molecule has 0 spiro atoms. The second-order valence-electron chi connectivity index (χ2n) is 2.54. The van der Waals surface area contributed by atoms with Crippen LogP contribution in [0.2, 0.25) is 10.0 Å². The molecule has 0 N–H and O–H groups in total. The molecular formula is C8H4BrCl2N3. The lowest BCUT2D eigenvalue weighted by Crippen LogP contribution is -1.97. The van der Waals surface area contributed by atoms with Crippen molar-refractivity contribution >= 4 is 39.1 Å². The average molecular weight is 293 g/mol. The van der Waals surface area contributed by atoms with Gasteiger partial charge < -0.3 is 0 Å². The van der Waals surface area contributed by atoms with Gasteiger partial charge in [0.15, 0.2) is 4.73 Å². The first-order valence-corrected chi connectivity index (χ1v) is 5.24. The molecule has 6 heteroatoms. The summed E-state index contributed by atoms with van der Waals surface area (Å²) in [6.45, 7) is 0. The Hall–Kier alpha value is -0.580. The summed E-state index contributed by atoms with van der Waals surface area (Å²) in [6, 6.07) is 5.19. The van der Waals surface area contributed by atoms with E-state index in [1.807, 2.05) is 0 Å². The maximum absolute atomic E-state index is 6.00. The van der Waals surface area contributed by atoms with Crippen molar-refractivity contribution in [1.82, 2.24) is 14.8 Å². The molecule has 0 amide bonds. The number of hydrogen-bond donors (Lipinski definition) is 0. The van der Waals surface area contributed by atoms with Gasteiger partial charge in [0.2, 0.25) is 0 Å². The SMILES string of the molecule is Clc1ccc(-n2ncnc2Br)c(Cl)c1. The van der Waals surface area contributed by atoms with Gasteiger partial charge in [-0.1, -0.05) is 23.2 Å². The third kappa shape index (κ3) is 1.78. The molecule has 0 aliphatic carbocycles. The maximum Gasteiger partial charge on any atom is 0.199 e. The van der Waals surface area contributed by atoms with E-state index in [2.05, 4.69) is 26.0 Å².